The molecular formula is C16H16BrN5O3S. The summed E-state index contributed by atoms with van der Waals surface area (Å²) < 4.78 is 1.54. The third-order valence-electron chi connectivity index (χ3n) is 4.37. The molecule has 26 heavy (non-hydrogen) atoms. The minimum absolute atomic E-state index is 0.161. The highest BCUT2D eigenvalue weighted by molar-refractivity contribution is 9.10. The summed E-state index contributed by atoms with van der Waals surface area (Å²) in [6.45, 7) is 1.48. The van der Waals surface area contributed by atoms with Gasteiger partial charge in [0.05, 0.1) is 16.4 Å². The summed E-state index contributed by atoms with van der Waals surface area (Å²) in [6, 6.07) is 2.22. The number of rotatable bonds is 4. The number of fused-ring (bicyclic) bond motifs is 1. The number of aromatic nitrogens is 2. The van der Waals surface area contributed by atoms with Crippen LogP contribution in [-0.4, -0.2) is 20.6 Å². The highest BCUT2D eigenvalue weighted by Crippen LogP contribution is 2.37. The van der Waals surface area contributed by atoms with Crippen molar-refractivity contribution in [2.75, 3.05) is 5.32 Å². The summed E-state index contributed by atoms with van der Waals surface area (Å²) in [4.78, 5) is 23.9. The molecule has 8 nitrogen and oxygen atoms in total. The van der Waals surface area contributed by atoms with Gasteiger partial charge in [-0.3, -0.25) is 4.79 Å². The molecular weight excluding hydrogens is 422 g/mol. The normalized spacial score (nSPS) is 13.6. The van der Waals surface area contributed by atoms with Crippen molar-refractivity contribution >= 4 is 44.0 Å². The Morgan fingerprint density at radius 3 is 2.85 bits per heavy atom. The Bertz CT molecular complexity index is 927. The van der Waals surface area contributed by atoms with E-state index < -0.39 is 4.92 Å². The van der Waals surface area contributed by atoms with Crippen LogP contribution in [0.25, 0.3) is 0 Å². The molecule has 0 bridgehead atoms. The van der Waals surface area contributed by atoms with Gasteiger partial charge in [-0.05, 0) is 59.0 Å². The van der Waals surface area contributed by atoms with Gasteiger partial charge in [-0.25, -0.2) is 0 Å². The Kier molecular flexibility index (Phi) is 5.38. The van der Waals surface area contributed by atoms with Crippen molar-refractivity contribution < 1.29 is 9.72 Å². The van der Waals surface area contributed by atoms with Gasteiger partial charge < -0.3 is 15.4 Å². The lowest BCUT2D eigenvalue weighted by Crippen LogP contribution is -2.20. The number of thiophene rings is 1. The molecule has 1 amide bonds. The molecule has 136 valence electrons. The molecule has 0 saturated heterocycles. The summed E-state index contributed by atoms with van der Waals surface area (Å²) >= 11 is 4.58. The van der Waals surface area contributed by atoms with Crippen molar-refractivity contribution in [3.8, 4) is 6.07 Å². The molecule has 3 rings (SSSR count). The fourth-order valence-electron chi connectivity index (χ4n) is 3.03. The number of aryl methyl sites for hydroxylation is 1. The van der Waals surface area contributed by atoms with Gasteiger partial charge in [0.1, 0.15) is 22.1 Å². The first-order valence-electron chi connectivity index (χ1n) is 8.14. The van der Waals surface area contributed by atoms with Crippen LogP contribution < -0.4 is 5.32 Å². The number of nitriles is 1. The smallest absolute Gasteiger partial charge is 0.358 e. The summed E-state index contributed by atoms with van der Waals surface area (Å²) in [7, 11) is 0. The van der Waals surface area contributed by atoms with E-state index in [1.165, 1.54) is 20.9 Å². The average molecular weight is 438 g/mol. The van der Waals surface area contributed by atoms with Crippen LogP contribution in [0.4, 0.5) is 10.8 Å². The average Bonchev–Trinajstić information content (AvgIpc) is 2.94. The number of halogens is 1. The van der Waals surface area contributed by atoms with E-state index in [4.69, 9.17) is 0 Å². The number of nitro groups is 1. The molecule has 0 radical (unpaired) electrons. The molecule has 2 heterocycles. The SMILES string of the molecule is Cc1c(Br)c([N+](=O)[O-])nn1CC(=O)Nc1sc2c(c1C#N)CCCCC2. The van der Waals surface area contributed by atoms with Crippen molar-refractivity contribution in [3.63, 3.8) is 0 Å². The minimum Gasteiger partial charge on any atom is -0.358 e. The van der Waals surface area contributed by atoms with Crippen LogP contribution in [0.15, 0.2) is 4.47 Å². The molecule has 2 aromatic rings. The maximum Gasteiger partial charge on any atom is 0.404 e. The molecule has 0 saturated carbocycles. The first kappa shape index (κ1) is 18.5. The lowest BCUT2D eigenvalue weighted by Gasteiger charge is -2.04. The van der Waals surface area contributed by atoms with Gasteiger partial charge in [-0.1, -0.05) is 6.42 Å². The van der Waals surface area contributed by atoms with E-state index in [0.717, 1.165) is 37.7 Å². The number of anilines is 1. The zero-order valence-corrected chi connectivity index (χ0v) is 16.4. The number of nitrogens with one attached hydrogen (secondary N) is 1. The van der Waals surface area contributed by atoms with E-state index in [1.54, 1.807) is 6.92 Å². The molecule has 2 aromatic heterocycles. The van der Waals surface area contributed by atoms with E-state index in [9.17, 15) is 20.2 Å². The number of hydrogen-bond acceptors (Lipinski definition) is 6. The Morgan fingerprint density at radius 1 is 1.46 bits per heavy atom. The third-order valence-corrected chi connectivity index (χ3v) is 6.50. The maximum absolute atomic E-state index is 12.4. The van der Waals surface area contributed by atoms with Gasteiger partial charge in [0.15, 0.2) is 0 Å². The van der Waals surface area contributed by atoms with Gasteiger partial charge in [0, 0.05) is 4.88 Å². The number of hydrogen-bond donors (Lipinski definition) is 1. The van der Waals surface area contributed by atoms with Crippen LogP contribution >= 0.6 is 27.3 Å². The van der Waals surface area contributed by atoms with Gasteiger partial charge in [-0.2, -0.15) is 9.94 Å². The number of carbonyl (C=O) groups excluding carboxylic acids is 1. The number of carbonyl (C=O) groups is 1. The molecule has 0 aliphatic heterocycles. The Labute approximate surface area is 162 Å². The largest absolute Gasteiger partial charge is 0.404 e. The van der Waals surface area contributed by atoms with Crippen molar-refractivity contribution in [2.24, 2.45) is 0 Å². The second kappa shape index (κ2) is 7.55. The molecule has 0 spiro atoms. The second-order valence-electron chi connectivity index (χ2n) is 6.07. The van der Waals surface area contributed by atoms with Crippen LogP contribution in [0.2, 0.25) is 0 Å². The van der Waals surface area contributed by atoms with Crippen molar-refractivity contribution in [1.29, 1.82) is 5.26 Å². The van der Waals surface area contributed by atoms with Crippen molar-refractivity contribution in [3.05, 3.63) is 36.3 Å². The predicted molar refractivity (Wildman–Crippen MR) is 100 cm³/mol. The van der Waals surface area contributed by atoms with E-state index in [1.807, 2.05) is 0 Å². The summed E-state index contributed by atoms with van der Waals surface area (Å²) in [6.07, 6.45) is 5.09. The van der Waals surface area contributed by atoms with Crippen LogP contribution in [-0.2, 0) is 24.2 Å². The van der Waals surface area contributed by atoms with Gasteiger partial charge in [0.2, 0.25) is 5.91 Å². The zero-order chi connectivity index (χ0) is 18.8. The lowest BCUT2D eigenvalue weighted by atomic mass is 10.1. The molecule has 0 aromatic carbocycles. The monoisotopic (exact) mass is 437 g/mol. The van der Waals surface area contributed by atoms with E-state index >= 15 is 0 Å². The molecule has 1 N–H and O–H groups in total. The molecule has 10 heteroatoms. The zero-order valence-electron chi connectivity index (χ0n) is 14.0. The highest BCUT2D eigenvalue weighted by atomic mass is 79.9. The Morgan fingerprint density at radius 2 is 2.19 bits per heavy atom. The quantitative estimate of drug-likeness (QED) is 0.444. The lowest BCUT2D eigenvalue weighted by molar-refractivity contribution is -0.390. The number of amides is 1. The van der Waals surface area contributed by atoms with Crippen molar-refractivity contribution in [1.82, 2.24) is 9.78 Å². The molecule has 1 aliphatic rings. The topological polar surface area (TPSA) is 114 Å². The van der Waals surface area contributed by atoms with Crippen molar-refractivity contribution in [2.45, 2.75) is 45.6 Å². The maximum atomic E-state index is 12.4. The minimum atomic E-state index is -0.602. The molecule has 0 unspecified atom stereocenters. The van der Waals surface area contributed by atoms with Crippen LogP contribution in [0.5, 0.6) is 0 Å². The first-order valence-corrected chi connectivity index (χ1v) is 9.75. The fourth-order valence-corrected chi connectivity index (χ4v) is 4.71. The van der Waals surface area contributed by atoms with Gasteiger partial charge in [-0.15, -0.1) is 11.3 Å². The fraction of sp³-hybridized carbons (Fsp3) is 0.438. The standard InChI is InChI=1S/C16H16BrN5O3S/c1-9-14(17)15(22(24)25)20-21(9)8-13(23)19-16-11(7-18)10-5-3-2-4-6-12(10)26-16/h2-6,8H2,1H3,(H,19,23). The molecule has 1 aliphatic carbocycles. The first-order chi connectivity index (χ1) is 12.4. The predicted octanol–water partition coefficient (Wildman–Crippen LogP) is 3.70. The summed E-state index contributed by atoms with van der Waals surface area (Å²) in [5.41, 5.74) is 2.10. The summed E-state index contributed by atoms with van der Waals surface area (Å²) in [5, 5.41) is 27.7. The highest BCUT2D eigenvalue weighted by Gasteiger charge is 2.26. The van der Waals surface area contributed by atoms with Gasteiger partial charge in [0.25, 0.3) is 0 Å². The van der Waals surface area contributed by atoms with E-state index in [0.29, 0.717) is 16.3 Å². The molecule has 0 fully saturated rings. The Balaban J connectivity index is 1.80. The molecule has 0 atom stereocenters. The second-order valence-corrected chi connectivity index (χ2v) is 7.96. The third kappa shape index (κ3) is 3.50. The summed E-state index contributed by atoms with van der Waals surface area (Å²) in [5.74, 6) is -0.693. The van der Waals surface area contributed by atoms with Crippen LogP contribution in [0.1, 0.15) is 41.0 Å². The van der Waals surface area contributed by atoms with Crippen LogP contribution in [0, 0.1) is 28.4 Å². The van der Waals surface area contributed by atoms with E-state index in [-0.39, 0.29) is 22.7 Å². The Hall–Kier alpha value is -2.25. The number of nitrogens with zero attached hydrogens (tertiary/aromatic N) is 4. The van der Waals surface area contributed by atoms with Crippen LogP contribution in [0.3, 0.4) is 0 Å². The van der Waals surface area contributed by atoms with E-state index in [2.05, 4.69) is 32.4 Å². The van der Waals surface area contributed by atoms with Gasteiger partial charge >= 0.3 is 5.82 Å².